The molecule has 11 nitrogen and oxygen atoms in total. The third-order valence-corrected chi connectivity index (χ3v) is 11.7. The number of carbonyl (C=O) groups is 2. The Hall–Kier alpha value is -4.29. The van der Waals surface area contributed by atoms with Gasteiger partial charge in [-0.2, -0.15) is 4.31 Å². The molecule has 3 aromatic carbocycles. The Balaban J connectivity index is 1.29. The molecule has 2 fully saturated rings. The number of carbonyl (C=O) groups excluding carboxylic acids is 2. The zero-order valence-corrected chi connectivity index (χ0v) is 27.4. The Morgan fingerprint density at radius 2 is 1.72 bits per heavy atom. The number of sulfonamides is 1. The summed E-state index contributed by atoms with van der Waals surface area (Å²) < 4.78 is 30.3. The summed E-state index contributed by atoms with van der Waals surface area (Å²) >= 11 is 0. The maximum absolute atomic E-state index is 14.6. The first-order chi connectivity index (χ1) is 22.8. The second-order valence-electron chi connectivity index (χ2n) is 13.1. The molecule has 246 valence electrons. The average Bonchev–Trinajstić information content (AvgIpc) is 3.85. The van der Waals surface area contributed by atoms with E-state index in [1.54, 1.807) is 38.2 Å². The van der Waals surface area contributed by atoms with Crippen molar-refractivity contribution >= 4 is 44.2 Å². The van der Waals surface area contributed by atoms with Crippen LogP contribution in [0.25, 0.3) is 11.0 Å². The molecular weight excluding hydrogens is 614 g/mol. The van der Waals surface area contributed by atoms with Crippen LogP contribution < -0.4 is 15.5 Å². The Morgan fingerprint density at radius 1 is 0.979 bits per heavy atom. The van der Waals surface area contributed by atoms with Gasteiger partial charge in [0, 0.05) is 43.0 Å². The molecule has 1 aliphatic carbocycles. The van der Waals surface area contributed by atoms with Gasteiger partial charge >= 0.3 is 0 Å². The van der Waals surface area contributed by atoms with E-state index in [1.807, 2.05) is 48.5 Å². The lowest BCUT2D eigenvalue weighted by atomic mass is 9.90. The maximum atomic E-state index is 14.6. The molecule has 3 aliphatic rings. The summed E-state index contributed by atoms with van der Waals surface area (Å²) in [5.74, 6) is -0.628. The number of para-hydroxylation sites is 2. The molecule has 1 aromatic heterocycles. The number of anilines is 2. The maximum Gasteiger partial charge on any atom is 0.249 e. The Kier molecular flexibility index (Phi) is 8.71. The van der Waals surface area contributed by atoms with Crippen LogP contribution in [0.15, 0.2) is 77.7 Å². The van der Waals surface area contributed by atoms with Crippen molar-refractivity contribution in [1.82, 2.24) is 24.6 Å². The minimum absolute atomic E-state index is 0.0465. The molecule has 12 heteroatoms. The molecule has 1 saturated heterocycles. The highest BCUT2D eigenvalue weighted by atomic mass is 32.2. The van der Waals surface area contributed by atoms with E-state index in [2.05, 4.69) is 27.9 Å². The standard InChI is InChI=1S/C35H41N7O4S/c1-24-9-8-20-40(22-24)47(45,46)27-18-16-26(17-19-27)42(33(43)23-41-32-15-7-6-14-31(32)38-39-41)34(35(44)37-25-10-2-3-11-25)29-21-36-30-13-5-4-12-28(29)30/h4-7,12-19,24-25,29,34,36H,2-3,8-11,20-23H2,1H3,(H,37,44)/t24-,29-,34+/m1/s1. The summed E-state index contributed by atoms with van der Waals surface area (Å²) in [5, 5.41) is 15.2. The monoisotopic (exact) mass is 655 g/mol. The zero-order chi connectivity index (χ0) is 32.5. The number of hydrogen-bond acceptors (Lipinski definition) is 7. The van der Waals surface area contributed by atoms with Gasteiger partial charge in [0.1, 0.15) is 18.1 Å². The molecule has 2 aliphatic heterocycles. The lowest BCUT2D eigenvalue weighted by molar-refractivity contribution is -0.127. The summed E-state index contributed by atoms with van der Waals surface area (Å²) in [5.41, 5.74) is 3.71. The molecule has 3 heterocycles. The van der Waals surface area contributed by atoms with E-state index in [-0.39, 0.29) is 35.2 Å². The number of benzene rings is 3. The van der Waals surface area contributed by atoms with Gasteiger partial charge in [-0.3, -0.25) is 14.5 Å². The molecule has 47 heavy (non-hydrogen) atoms. The highest BCUT2D eigenvalue weighted by Gasteiger charge is 2.42. The smallest absolute Gasteiger partial charge is 0.249 e. The summed E-state index contributed by atoms with van der Waals surface area (Å²) in [7, 11) is -3.71. The van der Waals surface area contributed by atoms with E-state index < -0.39 is 16.1 Å². The lowest BCUT2D eigenvalue weighted by Gasteiger charge is -2.36. The van der Waals surface area contributed by atoms with Crippen molar-refractivity contribution in [3.8, 4) is 0 Å². The van der Waals surface area contributed by atoms with Gasteiger partial charge in [0.25, 0.3) is 0 Å². The van der Waals surface area contributed by atoms with Crippen molar-refractivity contribution in [2.24, 2.45) is 5.92 Å². The van der Waals surface area contributed by atoms with Crippen LogP contribution in [-0.2, 0) is 26.2 Å². The zero-order valence-electron chi connectivity index (χ0n) is 26.6. The summed E-state index contributed by atoms with van der Waals surface area (Å²) in [6, 6.07) is 20.9. The molecule has 3 atom stereocenters. The molecular formula is C35H41N7O4S. The Morgan fingerprint density at radius 3 is 2.51 bits per heavy atom. The molecule has 0 unspecified atom stereocenters. The number of rotatable bonds is 9. The number of amides is 2. The van der Waals surface area contributed by atoms with Gasteiger partial charge in [-0.1, -0.05) is 55.3 Å². The van der Waals surface area contributed by atoms with Gasteiger partial charge < -0.3 is 10.6 Å². The van der Waals surface area contributed by atoms with Gasteiger partial charge in [-0.25, -0.2) is 13.1 Å². The number of nitrogens with one attached hydrogen (secondary N) is 2. The SMILES string of the molecule is C[C@@H]1CCCN(S(=O)(=O)c2ccc(N(C(=O)Cn3nnc4ccccc43)[C@H](C(=O)NC3CCCC3)[C@@H]3CNc4ccccc43)cc2)C1. The summed E-state index contributed by atoms with van der Waals surface area (Å²) in [6.07, 6.45) is 5.74. The number of nitrogens with zero attached hydrogens (tertiary/aromatic N) is 5. The minimum atomic E-state index is -3.71. The molecule has 0 radical (unpaired) electrons. The second kappa shape index (κ2) is 13.1. The van der Waals surface area contributed by atoms with E-state index in [0.29, 0.717) is 42.3 Å². The summed E-state index contributed by atoms with van der Waals surface area (Å²) in [6.45, 7) is 3.36. The Bertz CT molecular complexity index is 1870. The van der Waals surface area contributed by atoms with Crippen molar-refractivity contribution < 1.29 is 18.0 Å². The van der Waals surface area contributed by atoms with Crippen molar-refractivity contribution in [2.75, 3.05) is 29.9 Å². The number of fused-ring (bicyclic) bond motifs is 2. The lowest BCUT2D eigenvalue weighted by Crippen LogP contribution is -2.55. The highest BCUT2D eigenvalue weighted by Crippen LogP contribution is 2.38. The van der Waals surface area contributed by atoms with E-state index >= 15 is 0 Å². The predicted octanol–water partition coefficient (Wildman–Crippen LogP) is 4.52. The molecule has 2 N–H and O–H groups in total. The van der Waals surface area contributed by atoms with Crippen LogP contribution in [0.2, 0.25) is 0 Å². The van der Waals surface area contributed by atoms with Crippen molar-refractivity contribution in [2.45, 2.75) is 74.9 Å². The van der Waals surface area contributed by atoms with E-state index in [4.69, 9.17) is 0 Å². The third-order valence-electron chi connectivity index (χ3n) is 9.85. The minimum Gasteiger partial charge on any atom is -0.384 e. The van der Waals surface area contributed by atoms with E-state index in [1.165, 1.54) is 0 Å². The third kappa shape index (κ3) is 6.23. The van der Waals surface area contributed by atoms with Crippen LogP contribution in [0.3, 0.4) is 0 Å². The van der Waals surface area contributed by atoms with Gasteiger partial charge in [-0.05, 0) is 79.6 Å². The van der Waals surface area contributed by atoms with Crippen molar-refractivity contribution in [1.29, 1.82) is 0 Å². The normalized spacial score (nSPS) is 20.9. The van der Waals surface area contributed by atoms with Crippen LogP contribution >= 0.6 is 0 Å². The van der Waals surface area contributed by atoms with Crippen molar-refractivity contribution in [3.63, 3.8) is 0 Å². The van der Waals surface area contributed by atoms with E-state index in [9.17, 15) is 18.0 Å². The van der Waals surface area contributed by atoms with Crippen LogP contribution in [0, 0.1) is 5.92 Å². The first-order valence-electron chi connectivity index (χ1n) is 16.6. The van der Waals surface area contributed by atoms with Crippen LogP contribution in [0.5, 0.6) is 0 Å². The second-order valence-corrected chi connectivity index (χ2v) is 15.1. The molecule has 1 saturated carbocycles. The quantitative estimate of drug-likeness (QED) is 0.271. The fourth-order valence-corrected chi connectivity index (χ4v) is 9.02. The van der Waals surface area contributed by atoms with Gasteiger partial charge in [-0.15, -0.1) is 5.10 Å². The first-order valence-corrected chi connectivity index (χ1v) is 18.1. The fraction of sp³-hybridized carbons (Fsp3) is 0.429. The first kappa shape index (κ1) is 31.3. The largest absolute Gasteiger partial charge is 0.384 e. The fourth-order valence-electron chi connectivity index (χ4n) is 7.42. The predicted molar refractivity (Wildman–Crippen MR) is 180 cm³/mol. The number of aromatic nitrogens is 3. The number of hydrogen-bond donors (Lipinski definition) is 2. The molecule has 0 bridgehead atoms. The van der Waals surface area contributed by atoms with Crippen LogP contribution in [-0.4, -0.2) is 71.2 Å². The van der Waals surface area contributed by atoms with Crippen LogP contribution in [0.1, 0.15) is 56.9 Å². The van der Waals surface area contributed by atoms with Gasteiger partial charge in [0.15, 0.2) is 0 Å². The highest BCUT2D eigenvalue weighted by molar-refractivity contribution is 7.89. The molecule has 7 rings (SSSR count). The summed E-state index contributed by atoms with van der Waals surface area (Å²) in [4.78, 5) is 30.7. The molecule has 0 spiro atoms. The molecule has 2 amide bonds. The number of piperidine rings is 1. The van der Waals surface area contributed by atoms with E-state index in [0.717, 1.165) is 49.8 Å². The average molecular weight is 656 g/mol. The van der Waals surface area contributed by atoms with Gasteiger partial charge in [0.2, 0.25) is 21.8 Å². The topological polar surface area (TPSA) is 130 Å². The van der Waals surface area contributed by atoms with Gasteiger partial charge in [0.05, 0.1) is 10.4 Å². The molecule has 4 aromatic rings. The van der Waals surface area contributed by atoms with Crippen molar-refractivity contribution in [3.05, 3.63) is 78.4 Å². The Labute approximate surface area is 275 Å². The van der Waals surface area contributed by atoms with Crippen LogP contribution in [0.4, 0.5) is 11.4 Å².